The van der Waals surface area contributed by atoms with Gasteiger partial charge in [-0.3, -0.25) is 0 Å². The van der Waals surface area contributed by atoms with E-state index in [9.17, 15) is 18.3 Å². The van der Waals surface area contributed by atoms with E-state index in [0.717, 1.165) is 0 Å². The second-order valence-corrected chi connectivity index (χ2v) is 7.97. The summed E-state index contributed by atoms with van der Waals surface area (Å²) in [7, 11) is -2.59. The number of methoxy groups -OCH3 is 1. The molecule has 0 atom stereocenters. The monoisotopic (exact) mass is 377 g/mol. The number of hydrogen-bond acceptors (Lipinski definition) is 5. The number of carbonyl (C=O) groups is 1. The molecule has 26 heavy (non-hydrogen) atoms. The molecule has 2 aromatic carbocycles. The van der Waals surface area contributed by atoms with Gasteiger partial charge in [0.1, 0.15) is 5.75 Å². The van der Waals surface area contributed by atoms with Crippen LogP contribution in [0.25, 0.3) is 0 Å². The van der Waals surface area contributed by atoms with Crippen molar-refractivity contribution < 1.29 is 23.1 Å². The van der Waals surface area contributed by atoms with E-state index >= 15 is 0 Å². The molecule has 7 heteroatoms. The van der Waals surface area contributed by atoms with Crippen LogP contribution in [-0.4, -0.2) is 26.6 Å². The van der Waals surface area contributed by atoms with Gasteiger partial charge in [0, 0.05) is 5.69 Å². The zero-order chi connectivity index (χ0) is 19.6. The predicted molar refractivity (Wildman–Crippen MR) is 99.7 cm³/mol. The lowest BCUT2D eigenvalue weighted by atomic mass is 9.93. The van der Waals surface area contributed by atoms with E-state index in [0.29, 0.717) is 35.4 Å². The zero-order valence-corrected chi connectivity index (χ0v) is 16.1. The van der Waals surface area contributed by atoms with E-state index in [-0.39, 0.29) is 20.9 Å². The molecule has 0 radical (unpaired) electrons. The average Bonchev–Trinajstić information content (AvgIpc) is 2.61. The Morgan fingerprint density at radius 1 is 1.15 bits per heavy atom. The van der Waals surface area contributed by atoms with Crippen LogP contribution in [0, 0.1) is 13.8 Å². The van der Waals surface area contributed by atoms with Crippen molar-refractivity contribution in [1.29, 1.82) is 0 Å². The fraction of sp³-hybridized carbons (Fsp3) is 0.316. The van der Waals surface area contributed by atoms with Crippen LogP contribution in [0.15, 0.2) is 34.1 Å². The van der Waals surface area contributed by atoms with Crippen molar-refractivity contribution in [2.75, 3.05) is 12.8 Å². The van der Waals surface area contributed by atoms with Crippen LogP contribution in [-0.2, 0) is 16.3 Å². The van der Waals surface area contributed by atoms with Crippen molar-refractivity contribution in [3.05, 3.63) is 46.5 Å². The molecule has 6 nitrogen and oxygen atoms in total. The number of nitrogens with two attached hydrogens (primary N) is 1. The van der Waals surface area contributed by atoms with Crippen molar-refractivity contribution in [1.82, 2.24) is 0 Å². The van der Waals surface area contributed by atoms with Crippen LogP contribution < -0.4 is 10.5 Å². The molecular weight excluding hydrogens is 354 g/mol. The van der Waals surface area contributed by atoms with Gasteiger partial charge in [-0.25, -0.2) is 13.2 Å². The highest BCUT2D eigenvalue weighted by atomic mass is 32.2. The van der Waals surface area contributed by atoms with Crippen LogP contribution in [0.2, 0.25) is 0 Å². The third-order valence-corrected chi connectivity index (χ3v) is 6.42. The Labute approximate surface area is 153 Å². The molecule has 0 fully saturated rings. The van der Waals surface area contributed by atoms with Crippen molar-refractivity contribution >= 4 is 21.5 Å². The Balaban J connectivity index is 2.87. The first kappa shape index (κ1) is 19.8. The number of carboxylic acids is 1. The summed E-state index contributed by atoms with van der Waals surface area (Å²) in [6.07, 6.45) is 1.11. The van der Waals surface area contributed by atoms with Crippen molar-refractivity contribution in [2.45, 2.75) is 43.4 Å². The van der Waals surface area contributed by atoms with Crippen LogP contribution >= 0.6 is 0 Å². The number of hydrogen-bond donors (Lipinski definition) is 2. The third kappa shape index (κ3) is 3.26. The minimum atomic E-state index is -4.07. The molecule has 0 aromatic heterocycles. The normalized spacial score (nSPS) is 11.4. The number of sulfone groups is 1. The van der Waals surface area contributed by atoms with Crippen LogP contribution in [0.5, 0.6) is 5.75 Å². The van der Waals surface area contributed by atoms with E-state index in [4.69, 9.17) is 10.5 Å². The number of benzene rings is 2. The second-order valence-electron chi connectivity index (χ2n) is 6.08. The first-order valence-electron chi connectivity index (χ1n) is 8.20. The summed E-state index contributed by atoms with van der Waals surface area (Å²) in [4.78, 5) is 11.7. The lowest BCUT2D eigenvalue weighted by Gasteiger charge is -2.20. The lowest BCUT2D eigenvalue weighted by molar-refractivity contribution is 0.0691. The molecule has 0 unspecified atom stereocenters. The molecule has 0 aliphatic carbocycles. The Hall–Kier alpha value is -2.54. The molecule has 0 saturated carbocycles. The summed E-state index contributed by atoms with van der Waals surface area (Å²) >= 11 is 0. The first-order valence-corrected chi connectivity index (χ1v) is 9.69. The van der Waals surface area contributed by atoms with Crippen LogP contribution in [0.1, 0.15) is 40.4 Å². The van der Waals surface area contributed by atoms with Gasteiger partial charge in [0.15, 0.2) is 0 Å². The topological polar surface area (TPSA) is 107 Å². The first-order chi connectivity index (χ1) is 12.2. The van der Waals surface area contributed by atoms with Crippen molar-refractivity contribution in [3.63, 3.8) is 0 Å². The van der Waals surface area contributed by atoms with Gasteiger partial charge >= 0.3 is 5.97 Å². The summed E-state index contributed by atoms with van der Waals surface area (Å²) in [5.41, 5.74) is 7.60. The van der Waals surface area contributed by atoms with Crippen molar-refractivity contribution in [3.8, 4) is 5.75 Å². The number of ether oxygens (including phenoxy) is 1. The largest absolute Gasteiger partial charge is 0.497 e. The van der Waals surface area contributed by atoms with Gasteiger partial charge in [-0.1, -0.05) is 13.3 Å². The predicted octanol–water partition coefficient (Wildman–Crippen LogP) is 3.38. The van der Waals surface area contributed by atoms with Crippen LogP contribution in [0.3, 0.4) is 0 Å². The maximum atomic E-state index is 13.2. The number of carboxylic acid groups (broad SMARTS) is 1. The fourth-order valence-corrected chi connectivity index (χ4v) is 4.80. The highest BCUT2D eigenvalue weighted by Gasteiger charge is 2.31. The third-order valence-electron chi connectivity index (χ3n) is 4.48. The van der Waals surface area contributed by atoms with E-state index in [1.54, 1.807) is 13.8 Å². The van der Waals surface area contributed by atoms with E-state index in [2.05, 4.69) is 0 Å². The Bertz CT molecular complexity index is 947. The summed E-state index contributed by atoms with van der Waals surface area (Å²) in [5.74, 6) is -0.763. The molecule has 2 aromatic rings. The molecule has 0 aliphatic heterocycles. The average molecular weight is 377 g/mol. The van der Waals surface area contributed by atoms with Gasteiger partial charge in [0.05, 0.1) is 22.5 Å². The SMILES string of the molecule is CCCc1c(C)c(N)c(C)c(S(=O)(=O)c2ccc(OC)cc2)c1C(=O)O. The lowest BCUT2D eigenvalue weighted by Crippen LogP contribution is -2.17. The van der Waals surface area contributed by atoms with E-state index in [1.165, 1.54) is 31.4 Å². The summed E-state index contributed by atoms with van der Waals surface area (Å²) < 4.78 is 31.5. The Kier molecular flexibility index (Phi) is 5.61. The zero-order valence-electron chi connectivity index (χ0n) is 15.3. The highest BCUT2D eigenvalue weighted by molar-refractivity contribution is 7.91. The smallest absolute Gasteiger partial charge is 0.337 e. The van der Waals surface area contributed by atoms with Gasteiger partial charge in [-0.05, 0) is 61.2 Å². The number of rotatable bonds is 6. The molecule has 140 valence electrons. The van der Waals surface area contributed by atoms with E-state index < -0.39 is 15.8 Å². The minimum Gasteiger partial charge on any atom is -0.497 e. The molecule has 0 bridgehead atoms. The van der Waals surface area contributed by atoms with Gasteiger partial charge in [-0.2, -0.15) is 0 Å². The molecule has 2 rings (SSSR count). The molecule has 0 spiro atoms. The van der Waals surface area contributed by atoms with Gasteiger partial charge in [0.2, 0.25) is 9.84 Å². The minimum absolute atomic E-state index is 0.00500. The maximum Gasteiger partial charge on any atom is 0.337 e. The highest BCUT2D eigenvalue weighted by Crippen LogP contribution is 2.36. The number of aromatic carboxylic acids is 1. The molecule has 0 saturated heterocycles. The Morgan fingerprint density at radius 2 is 1.73 bits per heavy atom. The summed E-state index contributed by atoms with van der Waals surface area (Å²) in [6.45, 7) is 5.17. The molecule has 0 amide bonds. The van der Waals surface area contributed by atoms with E-state index in [1.807, 2.05) is 6.92 Å². The maximum absolute atomic E-state index is 13.2. The van der Waals surface area contributed by atoms with Crippen LogP contribution in [0.4, 0.5) is 5.69 Å². The molecule has 3 N–H and O–H groups in total. The summed E-state index contributed by atoms with van der Waals surface area (Å²) in [5, 5.41) is 9.78. The Morgan fingerprint density at radius 3 is 2.19 bits per heavy atom. The number of anilines is 1. The fourth-order valence-electron chi connectivity index (χ4n) is 3.08. The number of nitrogen functional groups attached to an aromatic ring is 1. The van der Waals surface area contributed by atoms with Gasteiger partial charge in [0.25, 0.3) is 0 Å². The standard InChI is InChI=1S/C19H23NO5S/c1-5-6-15-11(2)17(20)12(3)18(16(15)19(21)22)26(23,24)14-9-7-13(25-4)8-10-14/h7-10H,5-6,20H2,1-4H3,(H,21,22). The molecule has 0 aliphatic rings. The second kappa shape index (κ2) is 7.37. The van der Waals surface area contributed by atoms with Crippen molar-refractivity contribution in [2.24, 2.45) is 0 Å². The quantitative estimate of drug-likeness (QED) is 0.748. The summed E-state index contributed by atoms with van der Waals surface area (Å²) in [6, 6.07) is 5.84. The molecule has 0 heterocycles. The van der Waals surface area contributed by atoms with Gasteiger partial charge < -0.3 is 15.6 Å². The van der Waals surface area contributed by atoms with Gasteiger partial charge in [-0.15, -0.1) is 0 Å². The molecular formula is C19H23NO5S.